The van der Waals surface area contributed by atoms with Crippen LogP contribution in [0.25, 0.3) is 0 Å². The van der Waals surface area contributed by atoms with Crippen LogP contribution in [0.2, 0.25) is 0 Å². The Balaban J connectivity index is 4.75. The summed E-state index contributed by atoms with van der Waals surface area (Å²) in [5, 5.41) is 9.45. The fourth-order valence-corrected chi connectivity index (χ4v) is 2.23. The van der Waals surface area contributed by atoms with Crippen LogP contribution >= 0.6 is 11.8 Å². The van der Waals surface area contributed by atoms with Crippen molar-refractivity contribution < 1.29 is 4.74 Å². The lowest BCUT2D eigenvalue weighted by Gasteiger charge is -2.31. The molecule has 0 aliphatic rings. The first-order valence-electron chi connectivity index (χ1n) is 5.51. The predicted molar refractivity (Wildman–Crippen MR) is 69.5 cm³/mol. The number of thioether (sulfide) groups is 1. The van der Waals surface area contributed by atoms with Crippen molar-refractivity contribution in [1.29, 1.82) is 5.26 Å². The molecule has 0 aliphatic heterocycles. The van der Waals surface area contributed by atoms with E-state index in [-0.39, 0.29) is 0 Å². The topological polar surface area (TPSA) is 48.6 Å². The number of ether oxygens (including phenoxy) is 1. The second kappa shape index (κ2) is 9.49. The molecule has 0 bridgehead atoms. The van der Waals surface area contributed by atoms with Gasteiger partial charge in [-0.25, -0.2) is 0 Å². The van der Waals surface area contributed by atoms with Crippen molar-refractivity contribution in [3.63, 3.8) is 0 Å². The van der Waals surface area contributed by atoms with Crippen molar-refractivity contribution in [3.05, 3.63) is 0 Å². The molecule has 0 rings (SSSR count). The van der Waals surface area contributed by atoms with E-state index in [2.05, 4.69) is 23.7 Å². The molecule has 0 radical (unpaired) electrons. The zero-order valence-corrected chi connectivity index (χ0v) is 11.4. The molecule has 0 N–H and O–H groups in total. The Morgan fingerprint density at radius 1 is 1.50 bits per heavy atom. The van der Waals surface area contributed by atoms with Gasteiger partial charge in [0.1, 0.15) is 0 Å². The predicted octanol–water partition coefficient (Wildman–Crippen LogP) is 2.32. The fraction of sp³-hybridized carbons (Fsp3) is 0.818. The van der Waals surface area contributed by atoms with E-state index in [1.807, 2.05) is 12.4 Å². The van der Waals surface area contributed by atoms with Crippen molar-refractivity contribution in [2.45, 2.75) is 32.7 Å². The molecule has 4 nitrogen and oxygen atoms in total. The average molecular weight is 243 g/mol. The van der Waals surface area contributed by atoms with Crippen molar-refractivity contribution in [2.75, 3.05) is 26.5 Å². The molecule has 0 saturated heterocycles. The lowest BCUT2D eigenvalue weighted by Crippen LogP contribution is -2.40. The highest BCUT2D eigenvalue weighted by Crippen LogP contribution is 2.14. The molecule has 0 spiro atoms. The number of rotatable bonds is 6. The molecule has 0 amide bonds. The first kappa shape index (κ1) is 15.3. The number of hydrogen-bond acceptors (Lipinski definition) is 4. The Bertz CT molecular complexity index is 246. The highest BCUT2D eigenvalue weighted by atomic mass is 32.2. The highest BCUT2D eigenvalue weighted by Gasteiger charge is 2.18. The Morgan fingerprint density at radius 3 is 2.50 bits per heavy atom. The largest absolute Gasteiger partial charge is 0.383 e. The normalized spacial score (nSPS) is 11.6. The third-order valence-corrected chi connectivity index (χ3v) is 3.18. The van der Waals surface area contributed by atoms with Crippen LogP contribution in [0, 0.1) is 11.5 Å². The maximum absolute atomic E-state index is 8.66. The minimum absolute atomic E-state index is 0.426. The van der Waals surface area contributed by atoms with Gasteiger partial charge in [0.2, 0.25) is 6.19 Å². The van der Waals surface area contributed by atoms with Gasteiger partial charge >= 0.3 is 0 Å². The van der Waals surface area contributed by atoms with Crippen molar-refractivity contribution in [3.8, 4) is 6.19 Å². The van der Waals surface area contributed by atoms with Crippen LogP contribution in [0.1, 0.15) is 26.7 Å². The van der Waals surface area contributed by atoms with Gasteiger partial charge in [-0.3, -0.25) is 0 Å². The van der Waals surface area contributed by atoms with Gasteiger partial charge in [0.25, 0.3) is 0 Å². The number of hydrogen-bond donors (Lipinski definition) is 0. The molecule has 0 fully saturated rings. The molecule has 0 heterocycles. The van der Waals surface area contributed by atoms with Crippen molar-refractivity contribution >= 4 is 16.9 Å². The second-order valence-corrected chi connectivity index (χ2v) is 4.13. The van der Waals surface area contributed by atoms with Crippen LogP contribution in [0.4, 0.5) is 0 Å². The first-order chi connectivity index (χ1) is 7.74. The van der Waals surface area contributed by atoms with Gasteiger partial charge in [-0.1, -0.05) is 25.6 Å². The van der Waals surface area contributed by atoms with E-state index >= 15 is 0 Å². The zero-order chi connectivity index (χ0) is 12.4. The molecule has 0 saturated carbocycles. The van der Waals surface area contributed by atoms with Gasteiger partial charge in [-0.15, -0.1) is 4.99 Å². The van der Waals surface area contributed by atoms with Gasteiger partial charge in [0.05, 0.1) is 6.61 Å². The maximum atomic E-state index is 8.66. The van der Waals surface area contributed by atoms with E-state index in [0.29, 0.717) is 12.6 Å². The van der Waals surface area contributed by atoms with E-state index in [9.17, 15) is 0 Å². The fourth-order valence-electron chi connectivity index (χ4n) is 1.62. The third-order valence-electron chi connectivity index (χ3n) is 2.49. The van der Waals surface area contributed by atoms with Crippen LogP contribution in [0.15, 0.2) is 4.99 Å². The quantitative estimate of drug-likeness (QED) is 0.408. The van der Waals surface area contributed by atoms with Crippen LogP contribution < -0.4 is 0 Å². The number of methoxy groups -OCH3 is 1. The Kier molecular flexibility index (Phi) is 9.06. The van der Waals surface area contributed by atoms with Crippen LogP contribution in [-0.2, 0) is 4.74 Å². The molecule has 16 heavy (non-hydrogen) atoms. The lowest BCUT2D eigenvalue weighted by atomic mass is 10.1. The van der Waals surface area contributed by atoms with Crippen molar-refractivity contribution in [2.24, 2.45) is 4.99 Å². The summed E-state index contributed by atoms with van der Waals surface area (Å²) >= 11 is 1.51. The van der Waals surface area contributed by atoms with Crippen LogP contribution in [0.5, 0.6) is 0 Å². The minimum Gasteiger partial charge on any atom is -0.383 e. The SMILES string of the molecule is CCC(CC)N(CCOC)C(=NC#N)SC. The summed E-state index contributed by atoms with van der Waals surface area (Å²) in [7, 11) is 1.69. The third kappa shape index (κ3) is 4.86. The summed E-state index contributed by atoms with van der Waals surface area (Å²) in [6.07, 6.45) is 5.90. The van der Waals surface area contributed by atoms with E-state index in [4.69, 9.17) is 10.00 Å². The Labute approximate surface area is 103 Å². The van der Waals surface area contributed by atoms with Gasteiger partial charge in [0, 0.05) is 19.7 Å². The van der Waals surface area contributed by atoms with Crippen LogP contribution in [0.3, 0.4) is 0 Å². The number of amidine groups is 1. The molecule has 0 aromatic heterocycles. The standard InChI is InChI=1S/C11H21N3OS/c1-5-10(6-2)14(7-8-15-3)11(16-4)13-9-12/h10H,5-8H2,1-4H3. The second-order valence-electron chi connectivity index (χ2n) is 3.36. The lowest BCUT2D eigenvalue weighted by molar-refractivity contribution is 0.160. The Morgan fingerprint density at radius 2 is 2.12 bits per heavy atom. The zero-order valence-electron chi connectivity index (χ0n) is 10.6. The van der Waals surface area contributed by atoms with Gasteiger partial charge < -0.3 is 9.64 Å². The molecule has 92 valence electrons. The highest BCUT2D eigenvalue weighted by molar-refractivity contribution is 8.13. The smallest absolute Gasteiger partial charge is 0.208 e. The molecular formula is C11H21N3OS. The summed E-state index contributed by atoms with van der Waals surface area (Å²) < 4.78 is 5.10. The molecule has 0 aliphatic carbocycles. The summed E-state index contributed by atoms with van der Waals surface area (Å²) in [5.41, 5.74) is 0. The van der Waals surface area contributed by atoms with E-state index in [1.165, 1.54) is 11.8 Å². The van der Waals surface area contributed by atoms with Crippen molar-refractivity contribution in [1.82, 2.24) is 4.90 Å². The maximum Gasteiger partial charge on any atom is 0.208 e. The minimum atomic E-state index is 0.426. The van der Waals surface area contributed by atoms with E-state index in [1.54, 1.807) is 7.11 Å². The molecular weight excluding hydrogens is 222 g/mol. The molecule has 0 unspecified atom stereocenters. The van der Waals surface area contributed by atoms with Gasteiger partial charge in [-0.05, 0) is 19.1 Å². The van der Waals surface area contributed by atoms with Crippen LogP contribution in [-0.4, -0.2) is 42.6 Å². The molecule has 5 heteroatoms. The molecule has 0 atom stereocenters. The van der Waals surface area contributed by atoms with E-state index < -0.39 is 0 Å². The first-order valence-corrected chi connectivity index (χ1v) is 6.73. The molecule has 0 aromatic carbocycles. The van der Waals surface area contributed by atoms with E-state index in [0.717, 1.165) is 24.6 Å². The summed E-state index contributed by atoms with van der Waals surface area (Å²) in [5.74, 6) is 0. The number of aliphatic imine (C=N–C) groups is 1. The van der Waals surface area contributed by atoms with Gasteiger partial charge in [-0.2, -0.15) is 5.26 Å². The Hall–Kier alpha value is -0.730. The monoisotopic (exact) mass is 243 g/mol. The molecule has 0 aromatic rings. The van der Waals surface area contributed by atoms with Gasteiger partial charge in [0.15, 0.2) is 5.17 Å². The number of nitrogens with zero attached hydrogens (tertiary/aromatic N) is 3. The summed E-state index contributed by atoms with van der Waals surface area (Å²) in [6, 6.07) is 0.426. The summed E-state index contributed by atoms with van der Waals surface area (Å²) in [6.45, 7) is 5.74. The average Bonchev–Trinajstić information content (AvgIpc) is 2.32. The summed E-state index contributed by atoms with van der Waals surface area (Å²) in [4.78, 5) is 6.03. The number of nitriles is 1.